The SMILES string of the molecule is CCN1C(=O)Cc2ccccc2C1=O. The Morgan fingerprint density at radius 1 is 1.29 bits per heavy atom. The molecule has 0 saturated carbocycles. The quantitative estimate of drug-likeness (QED) is 0.623. The van der Waals surface area contributed by atoms with Gasteiger partial charge in [-0.25, -0.2) is 0 Å². The largest absolute Gasteiger partial charge is 0.278 e. The van der Waals surface area contributed by atoms with Gasteiger partial charge in [-0.15, -0.1) is 0 Å². The Balaban J connectivity index is 2.49. The van der Waals surface area contributed by atoms with Crippen molar-refractivity contribution in [3.8, 4) is 0 Å². The summed E-state index contributed by atoms with van der Waals surface area (Å²) in [6.45, 7) is 2.26. The molecule has 1 aliphatic rings. The number of fused-ring (bicyclic) bond motifs is 1. The zero-order chi connectivity index (χ0) is 10.1. The van der Waals surface area contributed by atoms with Gasteiger partial charge in [-0.1, -0.05) is 18.2 Å². The van der Waals surface area contributed by atoms with Crippen molar-refractivity contribution in [3.63, 3.8) is 0 Å². The van der Waals surface area contributed by atoms with Gasteiger partial charge in [-0.2, -0.15) is 0 Å². The van der Waals surface area contributed by atoms with E-state index in [0.717, 1.165) is 5.56 Å². The lowest BCUT2D eigenvalue weighted by Gasteiger charge is -2.25. The third-order valence-electron chi connectivity index (χ3n) is 2.45. The fraction of sp³-hybridized carbons (Fsp3) is 0.273. The van der Waals surface area contributed by atoms with Crippen LogP contribution in [0, 0.1) is 0 Å². The molecule has 1 aromatic rings. The van der Waals surface area contributed by atoms with Crippen molar-refractivity contribution in [2.75, 3.05) is 6.54 Å². The van der Waals surface area contributed by atoms with Crippen molar-refractivity contribution in [1.29, 1.82) is 0 Å². The van der Waals surface area contributed by atoms with E-state index in [2.05, 4.69) is 0 Å². The molecule has 0 fully saturated rings. The molecule has 0 unspecified atom stereocenters. The normalized spacial score (nSPS) is 15.6. The van der Waals surface area contributed by atoms with Crippen molar-refractivity contribution < 1.29 is 9.59 Å². The Bertz CT molecular complexity index is 398. The molecule has 2 rings (SSSR count). The van der Waals surface area contributed by atoms with Crippen LogP contribution in [0.5, 0.6) is 0 Å². The lowest BCUT2D eigenvalue weighted by atomic mass is 9.99. The first-order chi connectivity index (χ1) is 6.74. The second-order valence-corrected chi connectivity index (χ2v) is 3.28. The van der Waals surface area contributed by atoms with Crippen LogP contribution < -0.4 is 0 Å². The molecule has 14 heavy (non-hydrogen) atoms. The Labute approximate surface area is 82.3 Å². The molecule has 1 aromatic carbocycles. The number of nitrogens with zero attached hydrogens (tertiary/aromatic N) is 1. The predicted molar refractivity (Wildman–Crippen MR) is 51.9 cm³/mol. The van der Waals surface area contributed by atoms with Gasteiger partial charge < -0.3 is 0 Å². The molecule has 0 atom stereocenters. The summed E-state index contributed by atoms with van der Waals surface area (Å²) in [6, 6.07) is 7.27. The lowest BCUT2D eigenvalue weighted by Crippen LogP contribution is -2.41. The zero-order valence-corrected chi connectivity index (χ0v) is 7.99. The lowest BCUT2D eigenvalue weighted by molar-refractivity contribution is -0.128. The molecule has 0 bridgehead atoms. The number of rotatable bonds is 1. The van der Waals surface area contributed by atoms with Crippen LogP contribution in [-0.4, -0.2) is 23.3 Å². The van der Waals surface area contributed by atoms with Gasteiger partial charge in [0.15, 0.2) is 0 Å². The molecule has 1 heterocycles. The van der Waals surface area contributed by atoms with Crippen molar-refractivity contribution in [2.45, 2.75) is 13.3 Å². The van der Waals surface area contributed by atoms with E-state index in [9.17, 15) is 9.59 Å². The van der Waals surface area contributed by atoms with E-state index in [-0.39, 0.29) is 11.8 Å². The van der Waals surface area contributed by atoms with Crippen LogP contribution in [0.4, 0.5) is 0 Å². The van der Waals surface area contributed by atoms with Crippen molar-refractivity contribution >= 4 is 11.8 Å². The van der Waals surface area contributed by atoms with E-state index in [1.165, 1.54) is 4.90 Å². The number of imide groups is 1. The van der Waals surface area contributed by atoms with E-state index in [0.29, 0.717) is 18.5 Å². The molecule has 0 saturated heterocycles. The van der Waals surface area contributed by atoms with Gasteiger partial charge in [-0.3, -0.25) is 14.5 Å². The number of carbonyl (C=O) groups is 2. The summed E-state index contributed by atoms with van der Waals surface area (Å²) >= 11 is 0. The number of amides is 2. The number of hydrogen-bond acceptors (Lipinski definition) is 2. The van der Waals surface area contributed by atoms with Crippen molar-refractivity contribution in [1.82, 2.24) is 4.90 Å². The summed E-state index contributed by atoms with van der Waals surface area (Å²) in [7, 11) is 0. The van der Waals surface area contributed by atoms with Gasteiger partial charge in [-0.05, 0) is 18.6 Å². The van der Waals surface area contributed by atoms with Crippen LogP contribution >= 0.6 is 0 Å². The van der Waals surface area contributed by atoms with Crippen LogP contribution in [0.3, 0.4) is 0 Å². The second kappa shape index (κ2) is 3.25. The van der Waals surface area contributed by atoms with E-state index in [1.54, 1.807) is 6.07 Å². The summed E-state index contributed by atoms with van der Waals surface area (Å²) in [4.78, 5) is 24.6. The van der Waals surface area contributed by atoms with Gasteiger partial charge in [0.2, 0.25) is 5.91 Å². The minimum atomic E-state index is -0.167. The van der Waals surface area contributed by atoms with Gasteiger partial charge in [0, 0.05) is 12.1 Å². The highest BCUT2D eigenvalue weighted by molar-refractivity contribution is 6.09. The molecule has 3 nitrogen and oxygen atoms in total. The summed E-state index contributed by atoms with van der Waals surface area (Å²) in [5, 5.41) is 0. The molecule has 3 heteroatoms. The van der Waals surface area contributed by atoms with Gasteiger partial charge >= 0.3 is 0 Å². The number of carbonyl (C=O) groups excluding carboxylic acids is 2. The molecule has 1 aliphatic heterocycles. The molecule has 2 amide bonds. The maximum Gasteiger partial charge on any atom is 0.260 e. The molecule has 0 aliphatic carbocycles. The summed E-state index contributed by atoms with van der Waals surface area (Å²) in [5.74, 6) is -0.268. The molecule has 72 valence electrons. The Morgan fingerprint density at radius 2 is 2.00 bits per heavy atom. The monoisotopic (exact) mass is 189 g/mol. The number of benzene rings is 1. The fourth-order valence-electron chi connectivity index (χ4n) is 1.72. The molecule has 0 aromatic heterocycles. The highest BCUT2D eigenvalue weighted by atomic mass is 16.2. The highest BCUT2D eigenvalue weighted by Crippen LogP contribution is 2.18. The van der Waals surface area contributed by atoms with E-state index in [4.69, 9.17) is 0 Å². The Hall–Kier alpha value is -1.64. The summed E-state index contributed by atoms with van der Waals surface area (Å²) in [6.07, 6.45) is 0.343. The molecule has 0 N–H and O–H groups in total. The van der Waals surface area contributed by atoms with E-state index in [1.807, 2.05) is 25.1 Å². The second-order valence-electron chi connectivity index (χ2n) is 3.28. The number of hydrogen-bond donors (Lipinski definition) is 0. The first-order valence-electron chi connectivity index (χ1n) is 4.66. The van der Waals surface area contributed by atoms with Gasteiger partial charge in [0.05, 0.1) is 6.42 Å². The van der Waals surface area contributed by atoms with Gasteiger partial charge in [0.1, 0.15) is 0 Å². The average molecular weight is 189 g/mol. The standard InChI is InChI=1S/C11H11NO2/c1-2-12-10(13)7-8-5-3-4-6-9(8)11(12)14/h3-6H,2,7H2,1H3. The zero-order valence-electron chi connectivity index (χ0n) is 7.99. The molecule has 0 spiro atoms. The molecular formula is C11H11NO2. The maximum absolute atomic E-state index is 11.8. The average Bonchev–Trinajstić information content (AvgIpc) is 2.18. The van der Waals surface area contributed by atoms with Gasteiger partial charge in [0.25, 0.3) is 5.91 Å². The summed E-state index contributed by atoms with van der Waals surface area (Å²) in [5.41, 5.74) is 1.50. The smallest absolute Gasteiger partial charge is 0.260 e. The van der Waals surface area contributed by atoms with Crippen LogP contribution in [0.15, 0.2) is 24.3 Å². The first-order valence-corrected chi connectivity index (χ1v) is 4.66. The topological polar surface area (TPSA) is 37.4 Å². The predicted octanol–water partition coefficient (Wildman–Crippen LogP) is 1.23. The maximum atomic E-state index is 11.8. The van der Waals surface area contributed by atoms with Crippen LogP contribution in [-0.2, 0) is 11.2 Å². The fourth-order valence-corrected chi connectivity index (χ4v) is 1.72. The van der Waals surface area contributed by atoms with Crippen molar-refractivity contribution in [3.05, 3.63) is 35.4 Å². The minimum Gasteiger partial charge on any atom is -0.278 e. The third kappa shape index (κ3) is 1.21. The first kappa shape index (κ1) is 8.94. The van der Waals surface area contributed by atoms with Crippen molar-refractivity contribution in [2.24, 2.45) is 0 Å². The Kier molecular flexibility index (Phi) is 2.08. The third-order valence-corrected chi connectivity index (χ3v) is 2.45. The van der Waals surface area contributed by atoms with E-state index >= 15 is 0 Å². The van der Waals surface area contributed by atoms with Crippen LogP contribution in [0.1, 0.15) is 22.8 Å². The van der Waals surface area contributed by atoms with Crippen LogP contribution in [0.25, 0.3) is 0 Å². The van der Waals surface area contributed by atoms with Crippen LogP contribution in [0.2, 0.25) is 0 Å². The Morgan fingerprint density at radius 3 is 2.71 bits per heavy atom. The number of likely N-dealkylation sites (N-methyl/N-ethyl adjacent to an activating group) is 1. The highest BCUT2D eigenvalue weighted by Gasteiger charge is 2.28. The minimum absolute atomic E-state index is 0.101. The summed E-state index contributed by atoms with van der Waals surface area (Å²) < 4.78 is 0. The van der Waals surface area contributed by atoms with E-state index < -0.39 is 0 Å². The molecular weight excluding hydrogens is 178 g/mol. The molecule has 0 radical (unpaired) electrons.